The molecule has 3 nitrogen and oxygen atoms in total. The zero-order valence-electron chi connectivity index (χ0n) is 9.48. The van der Waals surface area contributed by atoms with E-state index in [4.69, 9.17) is 0 Å². The van der Waals surface area contributed by atoms with E-state index in [0.717, 1.165) is 12.5 Å². The van der Waals surface area contributed by atoms with Gasteiger partial charge in [-0.1, -0.05) is 20.4 Å². The van der Waals surface area contributed by atoms with Crippen molar-refractivity contribution >= 4 is 0 Å². The third kappa shape index (κ3) is 3.12. The van der Waals surface area contributed by atoms with Crippen LogP contribution in [0.2, 0.25) is 0 Å². The number of nitrogens with zero attached hydrogens (tertiary/aromatic N) is 3. The minimum absolute atomic E-state index is 0. The zero-order valence-corrected chi connectivity index (χ0v) is 9.48. The molecule has 0 spiro atoms. The molecule has 0 N–H and O–H groups in total. The minimum Gasteiger partial charge on any atom is -0.252 e. The first kappa shape index (κ1) is 14.3. The molecule has 18 heavy (non-hydrogen) atoms. The van der Waals surface area contributed by atoms with Crippen LogP contribution in [0.5, 0.6) is 0 Å². The molecule has 1 atom stereocenters. The number of hydrogen-bond donors (Lipinski definition) is 0. The maximum absolute atomic E-state index is 13.6. The van der Waals surface area contributed by atoms with Gasteiger partial charge >= 0.3 is 0 Å². The Bertz CT molecular complexity index is 483. The second kappa shape index (κ2) is 6.23. The predicted octanol–water partition coefficient (Wildman–Crippen LogP) is 3.39. The van der Waals surface area contributed by atoms with E-state index in [1.54, 1.807) is 11.0 Å². The van der Waals surface area contributed by atoms with Crippen molar-refractivity contribution in [1.82, 2.24) is 14.8 Å². The van der Waals surface area contributed by atoms with Gasteiger partial charge in [-0.3, -0.25) is 4.68 Å². The van der Waals surface area contributed by atoms with Crippen LogP contribution < -0.4 is 0 Å². The Kier molecular flexibility index (Phi) is 4.95. The van der Waals surface area contributed by atoms with Gasteiger partial charge in [0, 0.05) is 18.5 Å². The van der Waals surface area contributed by atoms with Crippen LogP contribution >= 0.6 is 0 Å². The van der Waals surface area contributed by atoms with Gasteiger partial charge in [-0.05, 0) is 18.1 Å². The maximum Gasteiger partial charge on any atom is 0.137 e. The van der Waals surface area contributed by atoms with Crippen molar-refractivity contribution in [2.24, 2.45) is 0 Å². The highest BCUT2D eigenvalue weighted by molar-refractivity contribution is 5.22. The Morgan fingerprint density at radius 2 is 2.11 bits per heavy atom. The molecular formula is C13H17F2N3. The number of aromatic nitrogens is 3. The molecule has 2 rings (SSSR count). The summed E-state index contributed by atoms with van der Waals surface area (Å²) in [6, 6.07) is 3.69. The monoisotopic (exact) mass is 253 g/mol. The minimum atomic E-state index is -0.554. The lowest BCUT2D eigenvalue weighted by atomic mass is 9.96. The fourth-order valence-corrected chi connectivity index (χ4v) is 1.83. The van der Waals surface area contributed by atoms with Gasteiger partial charge in [0.05, 0.1) is 0 Å². The van der Waals surface area contributed by atoms with Crippen LogP contribution in [0.3, 0.4) is 0 Å². The molecule has 1 aromatic carbocycles. The maximum atomic E-state index is 13.6. The van der Waals surface area contributed by atoms with Crippen molar-refractivity contribution in [3.8, 4) is 0 Å². The van der Waals surface area contributed by atoms with Gasteiger partial charge in [0.2, 0.25) is 0 Å². The van der Waals surface area contributed by atoms with Crippen molar-refractivity contribution < 1.29 is 8.78 Å². The summed E-state index contributed by atoms with van der Waals surface area (Å²) in [5, 5.41) is 3.99. The Balaban J connectivity index is 0.00000162. The Morgan fingerprint density at radius 3 is 2.67 bits per heavy atom. The molecule has 98 valence electrons. The third-order valence-corrected chi connectivity index (χ3v) is 2.77. The topological polar surface area (TPSA) is 30.7 Å². The van der Waals surface area contributed by atoms with Crippen molar-refractivity contribution in [1.29, 1.82) is 0 Å². The first-order chi connectivity index (χ1) is 8.20. The average Bonchev–Trinajstić information content (AvgIpc) is 2.79. The molecule has 1 unspecified atom stereocenters. The van der Waals surface area contributed by atoms with E-state index in [1.165, 1.54) is 18.5 Å². The van der Waals surface area contributed by atoms with Gasteiger partial charge in [0.1, 0.15) is 24.3 Å². The van der Waals surface area contributed by atoms with Crippen molar-refractivity contribution in [2.75, 3.05) is 0 Å². The molecule has 1 aromatic heterocycles. The summed E-state index contributed by atoms with van der Waals surface area (Å²) < 4.78 is 28.1. The van der Waals surface area contributed by atoms with Gasteiger partial charge in [-0.15, -0.1) is 0 Å². The van der Waals surface area contributed by atoms with E-state index in [1.807, 2.05) is 6.92 Å². The quantitative estimate of drug-likeness (QED) is 0.836. The molecule has 0 radical (unpaired) electrons. The van der Waals surface area contributed by atoms with Gasteiger partial charge in [-0.2, -0.15) is 5.10 Å². The average molecular weight is 253 g/mol. The predicted molar refractivity (Wildman–Crippen MR) is 66.1 cm³/mol. The molecule has 0 fully saturated rings. The van der Waals surface area contributed by atoms with E-state index in [0.29, 0.717) is 12.1 Å². The summed E-state index contributed by atoms with van der Waals surface area (Å²) in [7, 11) is 0. The van der Waals surface area contributed by atoms with E-state index >= 15 is 0 Å². The fourth-order valence-electron chi connectivity index (χ4n) is 1.83. The number of hydrogen-bond acceptors (Lipinski definition) is 2. The Hall–Kier alpha value is -1.78. The van der Waals surface area contributed by atoms with Crippen LogP contribution in [-0.2, 0) is 6.54 Å². The first-order valence-corrected chi connectivity index (χ1v) is 5.48. The van der Waals surface area contributed by atoms with Gasteiger partial charge in [0.15, 0.2) is 0 Å². The standard InChI is InChI=1S/C12H13F2N3.CH4/c1-2-9(6-17-8-15-7-16-17)11-4-3-10(13)5-12(11)14;/h3-5,7-9H,2,6H2,1H3;1H4. The molecule has 0 aliphatic carbocycles. The molecular weight excluding hydrogens is 236 g/mol. The van der Waals surface area contributed by atoms with E-state index < -0.39 is 11.6 Å². The normalized spacial score (nSPS) is 11.9. The summed E-state index contributed by atoms with van der Waals surface area (Å²) >= 11 is 0. The van der Waals surface area contributed by atoms with E-state index in [2.05, 4.69) is 10.1 Å². The lowest BCUT2D eigenvalue weighted by Gasteiger charge is -2.15. The van der Waals surface area contributed by atoms with Crippen molar-refractivity contribution in [3.63, 3.8) is 0 Å². The van der Waals surface area contributed by atoms with E-state index in [9.17, 15) is 8.78 Å². The second-order valence-corrected chi connectivity index (χ2v) is 3.89. The molecule has 0 amide bonds. The van der Waals surface area contributed by atoms with Crippen LogP contribution in [0.4, 0.5) is 8.78 Å². The lowest BCUT2D eigenvalue weighted by molar-refractivity contribution is 0.476. The molecule has 0 saturated heterocycles. The number of benzene rings is 1. The van der Waals surface area contributed by atoms with Crippen LogP contribution in [0, 0.1) is 11.6 Å². The summed E-state index contributed by atoms with van der Waals surface area (Å²) in [5.74, 6) is -1.09. The van der Waals surface area contributed by atoms with Crippen LogP contribution in [0.1, 0.15) is 32.3 Å². The fraction of sp³-hybridized carbons (Fsp3) is 0.385. The van der Waals surface area contributed by atoms with Crippen LogP contribution in [-0.4, -0.2) is 14.8 Å². The van der Waals surface area contributed by atoms with Crippen molar-refractivity contribution in [2.45, 2.75) is 33.2 Å². The molecule has 2 aromatic rings. The summed E-state index contributed by atoms with van der Waals surface area (Å²) in [6.07, 6.45) is 3.78. The lowest BCUT2D eigenvalue weighted by Crippen LogP contribution is -2.10. The molecule has 0 bridgehead atoms. The summed E-state index contributed by atoms with van der Waals surface area (Å²) in [4.78, 5) is 3.84. The van der Waals surface area contributed by atoms with Gasteiger partial charge in [-0.25, -0.2) is 13.8 Å². The van der Waals surface area contributed by atoms with Gasteiger partial charge < -0.3 is 0 Å². The Morgan fingerprint density at radius 1 is 1.33 bits per heavy atom. The Labute approximate surface area is 105 Å². The smallest absolute Gasteiger partial charge is 0.137 e. The van der Waals surface area contributed by atoms with Crippen LogP contribution in [0.15, 0.2) is 30.9 Å². The highest BCUT2D eigenvalue weighted by Crippen LogP contribution is 2.24. The summed E-state index contributed by atoms with van der Waals surface area (Å²) in [6.45, 7) is 2.50. The molecule has 0 aliphatic rings. The molecule has 5 heteroatoms. The van der Waals surface area contributed by atoms with Gasteiger partial charge in [0.25, 0.3) is 0 Å². The number of rotatable bonds is 4. The van der Waals surface area contributed by atoms with Crippen LogP contribution in [0.25, 0.3) is 0 Å². The summed E-state index contributed by atoms with van der Waals surface area (Å²) in [5.41, 5.74) is 0.518. The molecule has 0 aliphatic heterocycles. The highest BCUT2D eigenvalue weighted by atomic mass is 19.1. The van der Waals surface area contributed by atoms with Crippen molar-refractivity contribution in [3.05, 3.63) is 48.1 Å². The SMILES string of the molecule is C.CCC(Cn1cncn1)c1ccc(F)cc1F. The van der Waals surface area contributed by atoms with E-state index in [-0.39, 0.29) is 13.3 Å². The molecule has 0 saturated carbocycles. The highest BCUT2D eigenvalue weighted by Gasteiger charge is 2.15. The first-order valence-electron chi connectivity index (χ1n) is 5.48. The molecule has 1 heterocycles. The third-order valence-electron chi connectivity index (χ3n) is 2.77. The number of halogens is 2. The second-order valence-electron chi connectivity index (χ2n) is 3.89. The largest absolute Gasteiger partial charge is 0.252 e. The zero-order chi connectivity index (χ0) is 12.3.